The monoisotopic (exact) mass is 357 g/mol. The summed E-state index contributed by atoms with van der Waals surface area (Å²) in [6, 6.07) is 1.23. The number of pyridine rings is 1. The molecule has 0 fully saturated rings. The van der Waals surface area contributed by atoms with E-state index in [1.54, 1.807) is 6.92 Å². The summed E-state index contributed by atoms with van der Waals surface area (Å²) in [6.07, 6.45) is -4.91. The number of alkyl halides is 4. The molecule has 0 aromatic carbocycles. The van der Waals surface area contributed by atoms with E-state index in [0.29, 0.717) is 0 Å². The normalized spacial score (nSPS) is 11.1. The fourth-order valence-electron chi connectivity index (χ4n) is 1.31. The number of esters is 1. The fourth-order valence-corrected chi connectivity index (χ4v) is 1.71. The number of aromatic nitrogens is 1. The first kappa shape index (κ1) is 16.5. The Morgan fingerprint density at radius 3 is 2.55 bits per heavy atom. The number of halogens is 4. The van der Waals surface area contributed by atoms with E-state index in [-0.39, 0.29) is 28.9 Å². The van der Waals surface area contributed by atoms with Crippen molar-refractivity contribution in [2.45, 2.75) is 18.6 Å². The van der Waals surface area contributed by atoms with Crippen molar-refractivity contribution in [3.63, 3.8) is 0 Å². The maximum absolute atomic E-state index is 12.3. The Kier molecular flexibility index (Phi) is 5.61. The summed E-state index contributed by atoms with van der Waals surface area (Å²) in [4.78, 5) is 15.2. The molecule has 0 bridgehead atoms. The maximum atomic E-state index is 12.3. The van der Waals surface area contributed by atoms with E-state index >= 15 is 0 Å². The predicted molar refractivity (Wildman–Crippen MR) is 66.1 cm³/mol. The zero-order chi connectivity index (χ0) is 15.3. The van der Waals surface area contributed by atoms with Gasteiger partial charge in [0.1, 0.15) is 0 Å². The van der Waals surface area contributed by atoms with E-state index in [9.17, 15) is 18.0 Å². The Balaban J connectivity index is 3.29. The molecular formula is C11H11BrF3NO4. The van der Waals surface area contributed by atoms with Gasteiger partial charge in [-0.25, -0.2) is 9.78 Å². The summed E-state index contributed by atoms with van der Waals surface area (Å²) in [5.74, 6) is -1.61. The molecule has 112 valence electrons. The molecule has 0 aliphatic carbocycles. The van der Waals surface area contributed by atoms with Crippen molar-refractivity contribution in [1.82, 2.24) is 4.98 Å². The zero-order valence-electron chi connectivity index (χ0n) is 10.6. The van der Waals surface area contributed by atoms with Gasteiger partial charge in [0.05, 0.1) is 13.7 Å². The van der Waals surface area contributed by atoms with Gasteiger partial charge in [0.2, 0.25) is 5.88 Å². The van der Waals surface area contributed by atoms with Crippen LogP contribution in [0.2, 0.25) is 0 Å². The van der Waals surface area contributed by atoms with Crippen LogP contribution in [-0.2, 0) is 10.1 Å². The number of hydrogen-bond donors (Lipinski definition) is 0. The first-order chi connectivity index (χ1) is 9.32. The summed E-state index contributed by atoms with van der Waals surface area (Å²) in [5.41, 5.74) is -0.287. The van der Waals surface area contributed by atoms with Crippen molar-refractivity contribution in [3.05, 3.63) is 17.3 Å². The minimum absolute atomic E-state index is 0.00687. The van der Waals surface area contributed by atoms with Gasteiger partial charge >= 0.3 is 12.3 Å². The minimum atomic E-state index is -4.91. The molecule has 0 amide bonds. The Morgan fingerprint density at radius 2 is 2.10 bits per heavy atom. The van der Waals surface area contributed by atoms with E-state index in [4.69, 9.17) is 9.47 Å². The molecule has 5 nitrogen and oxygen atoms in total. The molecule has 0 spiro atoms. The highest BCUT2D eigenvalue weighted by molar-refractivity contribution is 9.08. The van der Waals surface area contributed by atoms with E-state index < -0.39 is 18.2 Å². The largest absolute Gasteiger partial charge is 0.574 e. The van der Waals surface area contributed by atoms with E-state index in [1.165, 1.54) is 13.2 Å². The van der Waals surface area contributed by atoms with Crippen LogP contribution >= 0.6 is 15.9 Å². The molecule has 0 saturated carbocycles. The third-order valence-corrected chi connectivity index (χ3v) is 2.68. The number of rotatable bonds is 5. The molecule has 0 N–H and O–H groups in total. The Labute approximate surface area is 121 Å². The standard InChI is InChI=1S/C11H11BrF3NO4/c1-3-19-10(17)8-7(18-2)4-6(5-12)9(16-8)20-11(13,14)15/h4H,3,5H2,1-2H3. The number of carbonyl (C=O) groups excluding carboxylic acids is 1. The van der Waals surface area contributed by atoms with Gasteiger partial charge in [0, 0.05) is 10.9 Å². The van der Waals surface area contributed by atoms with Crippen LogP contribution in [0.4, 0.5) is 13.2 Å². The van der Waals surface area contributed by atoms with E-state index in [0.717, 1.165) is 0 Å². The number of carbonyl (C=O) groups is 1. The van der Waals surface area contributed by atoms with Crippen molar-refractivity contribution in [1.29, 1.82) is 0 Å². The lowest BCUT2D eigenvalue weighted by atomic mass is 10.2. The first-order valence-corrected chi connectivity index (χ1v) is 6.51. The van der Waals surface area contributed by atoms with Gasteiger partial charge < -0.3 is 14.2 Å². The molecule has 1 heterocycles. The van der Waals surface area contributed by atoms with Crippen LogP contribution in [0.3, 0.4) is 0 Å². The lowest BCUT2D eigenvalue weighted by molar-refractivity contribution is -0.276. The van der Waals surface area contributed by atoms with Crippen molar-refractivity contribution >= 4 is 21.9 Å². The average Bonchev–Trinajstić information content (AvgIpc) is 2.36. The molecule has 0 aliphatic rings. The molecule has 1 rings (SSSR count). The lowest BCUT2D eigenvalue weighted by Crippen LogP contribution is -2.20. The van der Waals surface area contributed by atoms with Gasteiger partial charge in [0.25, 0.3) is 0 Å². The quantitative estimate of drug-likeness (QED) is 0.598. The summed E-state index contributed by atoms with van der Waals surface area (Å²) in [6.45, 7) is 1.61. The molecule has 0 saturated heterocycles. The van der Waals surface area contributed by atoms with Crippen LogP contribution in [0, 0.1) is 0 Å². The first-order valence-electron chi connectivity index (χ1n) is 5.39. The van der Waals surface area contributed by atoms with E-state index in [1.807, 2.05) is 0 Å². The second-order valence-corrected chi connectivity index (χ2v) is 3.97. The Bertz CT molecular complexity index is 493. The van der Waals surface area contributed by atoms with Crippen molar-refractivity contribution in [3.8, 4) is 11.6 Å². The number of hydrogen-bond acceptors (Lipinski definition) is 5. The molecular weight excluding hydrogens is 347 g/mol. The van der Waals surface area contributed by atoms with Gasteiger partial charge in [-0.1, -0.05) is 15.9 Å². The molecule has 20 heavy (non-hydrogen) atoms. The van der Waals surface area contributed by atoms with Gasteiger partial charge in [-0.05, 0) is 13.0 Å². The second kappa shape index (κ2) is 6.78. The number of methoxy groups -OCH3 is 1. The highest BCUT2D eigenvalue weighted by Crippen LogP contribution is 2.31. The number of ether oxygens (including phenoxy) is 3. The van der Waals surface area contributed by atoms with Crippen LogP contribution in [0.1, 0.15) is 23.0 Å². The van der Waals surface area contributed by atoms with Gasteiger partial charge in [0.15, 0.2) is 11.4 Å². The molecule has 1 aromatic rings. The van der Waals surface area contributed by atoms with E-state index in [2.05, 4.69) is 25.7 Å². The molecule has 9 heteroatoms. The summed E-state index contributed by atoms with van der Waals surface area (Å²) in [7, 11) is 1.27. The van der Waals surface area contributed by atoms with Crippen molar-refractivity contribution in [2.24, 2.45) is 0 Å². The molecule has 0 aliphatic heterocycles. The van der Waals surface area contributed by atoms with Gasteiger partial charge in [-0.3, -0.25) is 0 Å². The molecule has 0 atom stereocenters. The minimum Gasteiger partial charge on any atom is -0.494 e. The van der Waals surface area contributed by atoms with Crippen LogP contribution in [-0.4, -0.2) is 31.0 Å². The summed E-state index contributed by atoms with van der Waals surface area (Å²) < 4.78 is 50.3. The summed E-state index contributed by atoms with van der Waals surface area (Å²) in [5, 5.41) is 0.0465. The van der Waals surface area contributed by atoms with Crippen molar-refractivity contribution < 1.29 is 32.2 Å². The second-order valence-electron chi connectivity index (χ2n) is 3.41. The van der Waals surface area contributed by atoms with Crippen LogP contribution < -0.4 is 9.47 Å². The lowest BCUT2D eigenvalue weighted by Gasteiger charge is -2.14. The highest BCUT2D eigenvalue weighted by atomic mass is 79.9. The third kappa shape index (κ3) is 4.26. The van der Waals surface area contributed by atoms with Crippen LogP contribution in [0.15, 0.2) is 6.07 Å². The Morgan fingerprint density at radius 1 is 1.45 bits per heavy atom. The third-order valence-electron chi connectivity index (χ3n) is 2.07. The van der Waals surface area contributed by atoms with Crippen LogP contribution in [0.25, 0.3) is 0 Å². The Hall–Kier alpha value is -1.51. The smallest absolute Gasteiger partial charge is 0.494 e. The topological polar surface area (TPSA) is 57.7 Å². The highest BCUT2D eigenvalue weighted by Gasteiger charge is 2.34. The zero-order valence-corrected chi connectivity index (χ0v) is 12.2. The van der Waals surface area contributed by atoms with Gasteiger partial charge in [-0.15, -0.1) is 13.2 Å². The predicted octanol–water partition coefficient (Wildman–Crippen LogP) is 3.06. The summed E-state index contributed by atoms with van der Waals surface area (Å²) >= 11 is 3.01. The van der Waals surface area contributed by atoms with Gasteiger partial charge in [-0.2, -0.15) is 0 Å². The maximum Gasteiger partial charge on any atom is 0.574 e. The fraction of sp³-hybridized carbons (Fsp3) is 0.455. The van der Waals surface area contributed by atoms with Crippen LogP contribution in [0.5, 0.6) is 11.6 Å². The number of nitrogens with zero attached hydrogens (tertiary/aromatic N) is 1. The SMILES string of the molecule is CCOC(=O)c1nc(OC(F)(F)F)c(CBr)cc1OC. The molecule has 0 radical (unpaired) electrons. The molecule has 1 aromatic heterocycles. The average molecular weight is 358 g/mol. The van der Waals surface area contributed by atoms with Crippen molar-refractivity contribution in [2.75, 3.05) is 13.7 Å². The molecule has 0 unspecified atom stereocenters.